The van der Waals surface area contributed by atoms with Crippen LogP contribution in [-0.4, -0.2) is 48.5 Å². The Morgan fingerprint density at radius 1 is 1.25 bits per heavy atom. The van der Waals surface area contributed by atoms with Crippen LogP contribution in [0.2, 0.25) is 0 Å². The highest BCUT2D eigenvalue weighted by Gasteiger charge is 2.38. The van der Waals surface area contributed by atoms with Crippen molar-refractivity contribution in [2.45, 2.75) is 39.2 Å². The summed E-state index contributed by atoms with van der Waals surface area (Å²) in [6, 6.07) is 7.98. The van der Waals surface area contributed by atoms with Gasteiger partial charge in [0.25, 0.3) is 0 Å². The maximum absolute atomic E-state index is 12.4. The van der Waals surface area contributed by atoms with Crippen molar-refractivity contribution < 1.29 is 19.4 Å². The number of rotatable bonds is 3. The Hall–Kier alpha value is -1.75. The van der Waals surface area contributed by atoms with Crippen LogP contribution in [0.15, 0.2) is 24.3 Å². The van der Waals surface area contributed by atoms with Crippen LogP contribution in [0.1, 0.15) is 39.2 Å². The van der Waals surface area contributed by atoms with E-state index in [9.17, 15) is 9.90 Å². The number of methoxy groups -OCH3 is 1. The third kappa shape index (κ3) is 4.41. The SMILES string of the molecule is COc1ccc([C@@H]2C(C)CN(C(=O)OC(C)(C)C)C[C@H]2CO)cc1. The molecule has 3 atom stereocenters. The molecule has 0 bridgehead atoms. The largest absolute Gasteiger partial charge is 0.497 e. The Morgan fingerprint density at radius 2 is 1.88 bits per heavy atom. The van der Waals surface area contributed by atoms with Gasteiger partial charge in [0.1, 0.15) is 11.4 Å². The van der Waals surface area contributed by atoms with E-state index in [1.54, 1.807) is 12.0 Å². The van der Waals surface area contributed by atoms with Gasteiger partial charge in [0.15, 0.2) is 0 Å². The lowest BCUT2D eigenvalue weighted by molar-refractivity contribution is 0.00135. The Bertz CT molecular complexity index is 549. The fourth-order valence-electron chi connectivity index (χ4n) is 3.47. The van der Waals surface area contributed by atoms with E-state index in [2.05, 4.69) is 6.92 Å². The fourth-order valence-corrected chi connectivity index (χ4v) is 3.47. The van der Waals surface area contributed by atoms with Gasteiger partial charge in [-0.15, -0.1) is 0 Å². The van der Waals surface area contributed by atoms with Gasteiger partial charge in [0.2, 0.25) is 0 Å². The molecule has 0 aliphatic carbocycles. The number of piperidine rings is 1. The van der Waals surface area contributed by atoms with Gasteiger partial charge < -0.3 is 19.5 Å². The van der Waals surface area contributed by atoms with Crippen molar-refractivity contribution in [3.8, 4) is 5.75 Å². The standard InChI is InChI=1S/C19H29NO4/c1-13-10-20(18(22)24-19(2,3)4)11-15(12-21)17(13)14-6-8-16(23-5)9-7-14/h6-9,13,15,17,21H,10-12H2,1-5H3/t13?,15-,17-/m0/s1. The summed E-state index contributed by atoms with van der Waals surface area (Å²) in [6.45, 7) is 8.88. The van der Waals surface area contributed by atoms with Crippen LogP contribution >= 0.6 is 0 Å². The van der Waals surface area contributed by atoms with E-state index in [1.165, 1.54) is 5.56 Å². The van der Waals surface area contributed by atoms with Gasteiger partial charge in [-0.3, -0.25) is 0 Å². The summed E-state index contributed by atoms with van der Waals surface area (Å²) in [5.74, 6) is 1.25. The molecule has 1 heterocycles. The predicted molar refractivity (Wildman–Crippen MR) is 93.3 cm³/mol. The van der Waals surface area contributed by atoms with Gasteiger partial charge in [-0.05, 0) is 50.3 Å². The molecule has 134 valence electrons. The first-order valence-electron chi connectivity index (χ1n) is 8.48. The number of benzene rings is 1. The molecule has 1 N–H and O–H groups in total. The second-order valence-electron chi connectivity index (χ2n) is 7.60. The number of likely N-dealkylation sites (tertiary alicyclic amines) is 1. The highest BCUT2D eigenvalue weighted by Crippen LogP contribution is 2.38. The number of aliphatic hydroxyl groups is 1. The Morgan fingerprint density at radius 3 is 2.38 bits per heavy atom. The van der Waals surface area contributed by atoms with Crippen molar-refractivity contribution in [2.75, 3.05) is 26.8 Å². The summed E-state index contributed by atoms with van der Waals surface area (Å²) in [7, 11) is 1.65. The Balaban J connectivity index is 2.14. The normalized spacial score (nSPS) is 24.6. The second kappa shape index (κ2) is 7.43. The number of amides is 1. The summed E-state index contributed by atoms with van der Waals surface area (Å²) in [4.78, 5) is 14.1. The first-order chi connectivity index (χ1) is 11.2. The molecule has 1 aliphatic rings. The van der Waals surface area contributed by atoms with Crippen LogP contribution in [0.3, 0.4) is 0 Å². The molecule has 5 nitrogen and oxygen atoms in total. The molecule has 1 fully saturated rings. The van der Waals surface area contributed by atoms with Gasteiger partial charge >= 0.3 is 6.09 Å². The maximum Gasteiger partial charge on any atom is 0.410 e. The van der Waals surface area contributed by atoms with E-state index in [-0.39, 0.29) is 30.5 Å². The lowest BCUT2D eigenvalue weighted by Crippen LogP contribution is -2.49. The van der Waals surface area contributed by atoms with E-state index in [4.69, 9.17) is 9.47 Å². The van der Waals surface area contributed by atoms with E-state index in [0.29, 0.717) is 13.1 Å². The van der Waals surface area contributed by atoms with Gasteiger partial charge in [-0.25, -0.2) is 4.79 Å². The zero-order valence-electron chi connectivity index (χ0n) is 15.3. The third-order valence-corrected chi connectivity index (χ3v) is 4.47. The molecule has 24 heavy (non-hydrogen) atoms. The van der Waals surface area contributed by atoms with Crippen molar-refractivity contribution in [1.82, 2.24) is 4.90 Å². The number of aliphatic hydroxyl groups excluding tert-OH is 1. The van der Waals surface area contributed by atoms with Crippen LogP contribution in [0.25, 0.3) is 0 Å². The first-order valence-corrected chi connectivity index (χ1v) is 8.48. The van der Waals surface area contributed by atoms with E-state index in [1.807, 2.05) is 45.0 Å². The number of hydrogen-bond acceptors (Lipinski definition) is 4. The van der Waals surface area contributed by atoms with Gasteiger partial charge in [0, 0.05) is 25.6 Å². The number of nitrogens with zero attached hydrogens (tertiary/aromatic N) is 1. The molecule has 1 amide bonds. The second-order valence-corrected chi connectivity index (χ2v) is 7.60. The van der Waals surface area contributed by atoms with Crippen LogP contribution in [0, 0.1) is 11.8 Å². The number of ether oxygens (including phenoxy) is 2. The van der Waals surface area contributed by atoms with Crippen LogP contribution in [0.5, 0.6) is 5.75 Å². The number of carbonyl (C=O) groups is 1. The minimum absolute atomic E-state index is 0.00494. The van der Waals surface area contributed by atoms with E-state index < -0.39 is 5.60 Å². The highest BCUT2D eigenvalue weighted by atomic mass is 16.6. The Kier molecular flexibility index (Phi) is 5.75. The van der Waals surface area contributed by atoms with Gasteiger partial charge in [0.05, 0.1) is 7.11 Å². The molecule has 0 aromatic heterocycles. The highest BCUT2D eigenvalue weighted by molar-refractivity contribution is 5.68. The quantitative estimate of drug-likeness (QED) is 0.921. The molecule has 1 aromatic carbocycles. The molecular weight excluding hydrogens is 306 g/mol. The monoisotopic (exact) mass is 335 g/mol. The number of carbonyl (C=O) groups excluding carboxylic acids is 1. The summed E-state index contributed by atoms with van der Waals surface area (Å²) < 4.78 is 10.7. The van der Waals surface area contributed by atoms with Gasteiger partial charge in [-0.1, -0.05) is 19.1 Å². The lowest BCUT2D eigenvalue weighted by Gasteiger charge is -2.42. The minimum Gasteiger partial charge on any atom is -0.497 e. The molecular formula is C19H29NO4. The molecule has 1 unspecified atom stereocenters. The van der Waals surface area contributed by atoms with Crippen molar-refractivity contribution in [2.24, 2.45) is 11.8 Å². The molecule has 0 saturated carbocycles. The molecule has 0 radical (unpaired) electrons. The van der Waals surface area contributed by atoms with E-state index in [0.717, 1.165) is 5.75 Å². The summed E-state index contributed by atoms with van der Waals surface area (Å²) >= 11 is 0. The minimum atomic E-state index is -0.512. The topological polar surface area (TPSA) is 59.0 Å². The average molecular weight is 335 g/mol. The number of hydrogen-bond donors (Lipinski definition) is 1. The summed E-state index contributed by atoms with van der Waals surface area (Å²) in [5.41, 5.74) is 0.660. The zero-order valence-corrected chi connectivity index (χ0v) is 15.3. The van der Waals surface area contributed by atoms with E-state index >= 15 is 0 Å². The fraction of sp³-hybridized carbons (Fsp3) is 0.632. The van der Waals surface area contributed by atoms with Crippen LogP contribution in [0.4, 0.5) is 4.79 Å². The summed E-state index contributed by atoms with van der Waals surface area (Å²) in [5, 5.41) is 9.87. The Labute approximate surface area is 144 Å². The zero-order chi connectivity index (χ0) is 17.9. The molecule has 1 aliphatic heterocycles. The molecule has 0 spiro atoms. The average Bonchev–Trinajstić information content (AvgIpc) is 2.52. The van der Waals surface area contributed by atoms with Crippen molar-refractivity contribution in [3.63, 3.8) is 0 Å². The van der Waals surface area contributed by atoms with Gasteiger partial charge in [-0.2, -0.15) is 0 Å². The lowest BCUT2D eigenvalue weighted by atomic mass is 9.75. The van der Waals surface area contributed by atoms with Crippen molar-refractivity contribution >= 4 is 6.09 Å². The molecule has 2 rings (SSSR count). The smallest absolute Gasteiger partial charge is 0.410 e. The molecule has 1 aromatic rings. The summed E-state index contributed by atoms with van der Waals surface area (Å²) in [6.07, 6.45) is -0.305. The molecule has 5 heteroatoms. The molecule has 1 saturated heterocycles. The van der Waals surface area contributed by atoms with Crippen LogP contribution < -0.4 is 4.74 Å². The van der Waals surface area contributed by atoms with Crippen LogP contribution in [-0.2, 0) is 4.74 Å². The predicted octanol–water partition coefficient (Wildman–Crippen LogP) is 3.27. The maximum atomic E-state index is 12.4. The van der Waals surface area contributed by atoms with Crippen molar-refractivity contribution in [3.05, 3.63) is 29.8 Å². The first kappa shape index (κ1) is 18.6. The van der Waals surface area contributed by atoms with Crippen molar-refractivity contribution in [1.29, 1.82) is 0 Å². The third-order valence-electron chi connectivity index (χ3n) is 4.47.